The second-order valence-electron chi connectivity index (χ2n) is 2.94. The third-order valence-electron chi connectivity index (χ3n) is 1.13. The van der Waals surface area contributed by atoms with Gasteiger partial charge in [0.25, 0.3) is 0 Å². The molecule has 0 heterocycles. The van der Waals surface area contributed by atoms with E-state index in [4.69, 9.17) is 24.5 Å². The van der Waals surface area contributed by atoms with E-state index in [0.29, 0.717) is 0 Å². The number of nitrogens with zero attached hydrogens (tertiary/aromatic N) is 1. The predicted octanol–water partition coefficient (Wildman–Crippen LogP) is -0.256. The minimum Gasteiger partial charge on any atom is -0.473 e. The number of hydrogen-bond acceptors (Lipinski definition) is 4. The van der Waals surface area contributed by atoms with Crippen LogP contribution in [-0.4, -0.2) is 61.4 Å². The summed E-state index contributed by atoms with van der Waals surface area (Å²) in [6.07, 6.45) is 0.838. The van der Waals surface area contributed by atoms with Crippen molar-refractivity contribution in [2.45, 2.75) is 6.42 Å². The first-order valence-electron chi connectivity index (χ1n) is 4.47. The average Bonchev–Trinajstić information content (AvgIpc) is 2.18. The molecule has 0 aromatic carbocycles. The Balaban J connectivity index is 0. The molecule has 0 aliphatic heterocycles. The zero-order valence-electron chi connectivity index (χ0n) is 9.69. The second kappa shape index (κ2) is 11.5. The van der Waals surface area contributed by atoms with Crippen molar-refractivity contribution in [2.24, 2.45) is 0 Å². The molecule has 0 saturated carbocycles. The fourth-order valence-electron chi connectivity index (χ4n) is 0.455. The van der Waals surface area contributed by atoms with Crippen LogP contribution in [0.2, 0.25) is 0 Å². The molecular formula is C10H17NO5. The monoisotopic (exact) mass is 231 g/mol. The van der Waals surface area contributed by atoms with Crippen molar-refractivity contribution in [3.05, 3.63) is 0 Å². The van der Waals surface area contributed by atoms with Gasteiger partial charge in [0.2, 0.25) is 0 Å². The number of hydrogen-bond donors (Lipinski definition) is 2. The maximum Gasteiger partial charge on any atom is 0.414 e. The quantitative estimate of drug-likeness (QED) is 0.395. The van der Waals surface area contributed by atoms with Gasteiger partial charge in [-0.3, -0.25) is 4.90 Å². The third-order valence-corrected chi connectivity index (χ3v) is 1.13. The molecule has 0 rings (SSSR count). The number of ether oxygens (including phenoxy) is 1. The molecule has 16 heavy (non-hydrogen) atoms. The van der Waals surface area contributed by atoms with Crippen LogP contribution in [0, 0.1) is 11.8 Å². The SMILES string of the molecule is COCCC#CCN(C)C.O=C(O)C(=O)O. The van der Waals surface area contributed by atoms with E-state index in [9.17, 15) is 0 Å². The van der Waals surface area contributed by atoms with Crippen LogP contribution < -0.4 is 0 Å². The van der Waals surface area contributed by atoms with Crippen molar-refractivity contribution in [2.75, 3.05) is 34.4 Å². The summed E-state index contributed by atoms with van der Waals surface area (Å²) in [6, 6.07) is 0. The first kappa shape index (κ1) is 16.8. The molecule has 0 aliphatic rings. The molecule has 0 aliphatic carbocycles. The first-order chi connectivity index (χ1) is 7.41. The Morgan fingerprint density at radius 2 is 1.69 bits per heavy atom. The highest BCUT2D eigenvalue weighted by Crippen LogP contribution is 1.76. The highest BCUT2D eigenvalue weighted by atomic mass is 16.5. The van der Waals surface area contributed by atoms with Crippen molar-refractivity contribution in [3.8, 4) is 11.8 Å². The molecule has 0 fully saturated rings. The highest BCUT2D eigenvalue weighted by molar-refractivity contribution is 6.27. The van der Waals surface area contributed by atoms with Crippen molar-refractivity contribution in [1.82, 2.24) is 4.90 Å². The topological polar surface area (TPSA) is 87.1 Å². The van der Waals surface area contributed by atoms with Crippen LogP contribution in [0.5, 0.6) is 0 Å². The molecule has 0 amide bonds. The van der Waals surface area contributed by atoms with Gasteiger partial charge in [0.05, 0.1) is 13.2 Å². The van der Waals surface area contributed by atoms with Crippen molar-refractivity contribution in [1.29, 1.82) is 0 Å². The largest absolute Gasteiger partial charge is 0.473 e. The van der Waals surface area contributed by atoms with Gasteiger partial charge in [0, 0.05) is 13.5 Å². The Labute approximate surface area is 94.8 Å². The molecule has 2 N–H and O–H groups in total. The molecule has 0 atom stereocenters. The Morgan fingerprint density at radius 3 is 2.00 bits per heavy atom. The summed E-state index contributed by atoms with van der Waals surface area (Å²) in [5.41, 5.74) is 0. The van der Waals surface area contributed by atoms with Crippen LogP contribution in [-0.2, 0) is 14.3 Å². The van der Waals surface area contributed by atoms with Crippen LogP contribution in [0.4, 0.5) is 0 Å². The van der Waals surface area contributed by atoms with E-state index >= 15 is 0 Å². The second-order valence-corrected chi connectivity index (χ2v) is 2.94. The molecule has 0 saturated heterocycles. The molecule has 0 radical (unpaired) electrons. The van der Waals surface area contributed by atoms with Gasteiger partial charge < -0.3 is 14.9 Å². The third kappa shape index (κ3) is 18.3. The molecule has 0 spiro atoms. The number of aliphatic carboxylic acids is 2. The molecule has 0 unspecified atom stereocenters. The summed E-state index contributed by atoms with van der Waals surface area (Å²) in [4.78, 5) is 20.2. The van der Waals surface area contributed by atoms with E-state index in [1.165, 1.54) is 0 Å². The molecule has 0 aromatic heterocycles. The summed E-state index contributed by atoms with van der Waals surface area (Å²) >= 11 is 0. The lowest BCUT2D eigenvalue weighted by Crippen LogP contribution is -2.10. The van der Waals surface area contributed by atoms with E-state index in [1.807, 2.05) is 19.0 Å². The minimum absolute atomic E-state index is 0.737. The zero-order valence-corrected chi connectivity index (χ0v) is 9.69. The molecule has 6 nitrogen and oxygen atoms in total. The fraction of sp³-hybridized carbons (Fsp3) is 0.600. The maximum atomic E-state index is 9.10. The average molecular weight is 231 g/mol. The Hall–Kier alpha value is -1.58. The van der Waals surface area contributed by atoms with E-state index in [1.54, 1.807) is 7.11 Å². The van der Waals surface area contributed by atoms with Gasteiger partial charge in [-0.1, -0.05) is 11.8 Å². The van der Waals surface area contributed by atoms with E-state index in [-0.39, 0.29) is 0 Å². The standard InChI is InChI=1S/C8H15NO.C2H2O4/c1-9(2)7-5-4-6-8-10-3;3-1(4)2(5)6/h6-8H2,1-3H3;(H,3,4)(H,5,6). The molecular weight excluding hydrogens is 214 g/mol. The molecule has 92 valence electrons. The predicted molar refractivity (Wildman–Crippen MR) is 58.1 cm³/mol. The number of carboxylic acid groups (broad SMARTS) is 2. The maximum absolute atomic E-state index is 9.10. The van der Waals surface area contributed by atoms with Gasteiger partial charge in [0.15, 0.2) is 0 Å². The van der Waals surface area contributed by atoms with Crippen LogP contribution >= 0.6 is 0 Å². The zero-order chi connectivity index (χ0) is 13.0. The lowest BCUT2D eigenvalue weighted by molar-refractivity contribution is -0.159. The van der Waals surface area contributed by atoms with E-state index < -0.39 is 11.9 Å². The Morgan fingerprint density at radius 1 is 1.19 bits per heavy atom. The highest BCUT2D eigenvalue weighted by Gasteiger charge is 2.04. The van der Waals surface area contributed by atoms with Crippen LogP contribution in [0.15, 0.2) is 0 Å². The number of methoxy groups -OCH3 is 1. The normalized spacial score (nSPS) is 8.50. The van der Waals surface area contributed by atoms with Gasteiger partial charge in [-0.15, -0.1) is 0 Å². The van der Waals surface area contributed by atoms with Crippen molar-refractivity contribution < 1.29 is 24.5 Å². The summed E-state index contributed by atoms with van der Waals surface area (Å²) in [5, 5.41) is 14.8. The Bertz CT molecular complexity index is 252. The lowest BCUT2D eigenvalue weighted by Gasteiger charge is -2.00. The van der Waals surface area contributed by atoms with Crippen LogP contribution in [0.1, 0.15) is 6.42 Å². The van der Waals surface area contributed by atoms with Crippen molar-refractivity contribution in [3.63, 3.8) is 0 Å². The number of carboxylic acids is 2. The lowest BCUT2D eigenvalue weighted by atomic mass is 10.4. The summed E-state index contributed by atoms with van der Waals surface area (Å²) in [6.45, 7) is 1.57. The van der Waals surface area contributed by atoms with E-state index in [2.05, 4.69) is 11.8 Å². The summed E-state index contributed by atoms with van der Waals surface area (Å²) in [5.74, 6) is 2.37. The van der Waals surface area contributed by atoms with Gasteiger partial charge >= 0.3 is 11.9 Å². The summed E-state index contributed by atoms with van der Waals surface area (Å²) < 4.78 is 4.83. The van der Waals surface area contributed by atoms with Gasteiger partial charge in [-0.05, 0) is 14.1 Å². The summed E-state index contributed by atoms with van der Waals surface area (Å²) in [7, 11) is 5.70. The molecule has 0 aromatic rings. The number of carbonyl (C=O) groups is 2. The van der Waals surface area contributed by atoms with Crippen molar-refractivity contribution >= 4 is 11.9 Å². The van der Waals surface area contributed by atoms with Crippen LogP contribution in [0.3, 0.4) is 0 Å². The smallest absolute Gasteiger partial charge is 0.414 e. The fourth-order valence-corrected chi connectivity index (χ4v) is 0.455. The van der Waals surface area contributed by atoms with Crippen LogP contribution in [0.25, 0.3) is 0 Å². The van der Waals surface area contributed by atoms with E-state index in [0.717, 1.165) is 19.6 Å². The van der Waals surface area contributed by atoms with Gasteiger partial charge in [-0.25, -0.2) is 9.59 Å². The first-order valence-corrected chi connectivity index (χ1v) is 4.47. The van der Waals surface area contributed by atoms with Gasteiger partial charge in [0.1, 0.15) is 0 Å². The Kier molecular flexibility index (Phi) is 12.1. The minimum atomic E-state index is -1.82. The number of rotatable bonds is 3. The molecule has 0 bridgehead atoms. The molecule has 6 heteroatoms. The van der Waals surface area contributed by atoms with Gasteiger partial charge in [-0.2, -0.15) is 0 Å².